The van der Waals surface area contributed by atoms with Crippen LogP contribution >= 0.6 is 0 Å². The van der Waals surface area contributed by atoms with Gasteiger partial charge in [0.1, 0.15) is 24.2 Å². The van der Waals surface area contributed by atoms with E-state index >= 15 is 0 Å². The van der Waals surface area contributed by atoms with E-state index in [1.807, 2.05) is 30.3 Å². The van der Waals surface area contributed by atoms with E-state index in [-0.39, 0.29) is 24.0 Å². The van der Waals surface area contributed by atoms with E-state index in [0.29, 0.717) is 36.9 Å². The number of carbonyl (C=O) groups excluding carboxylic acids is 2. The smallest absolute Gasteiger partial charge is 0.254 e. The van der Waals surface area contributed by atoms with Crippen LogP contribution in [0, 0.1) is 0 Å². The van der Waals surface area contributed by atoms with Crippen LogP contribution < -0.4 is 14.8 Å². The van der Waals surface area contributed by atoms with Gasteiger partial charge < -0.3 is 24.8 Å². The number of aliphatic hydroxyl groups excluding tert-OH is 1. The summed E-state index contributed by atoms with van der Waals surface area (Å²) in [6.45, 7) is 2.09. The summed E-state index contributed by atoms with van der Waals surface area (Å²) < 4.78 is 12.4. The molecule has 2 unspecified atom stereocenters. The number of benzene rings is 1. The minimum atomic E-state index is -1.04. The van der Waals surface area contributed by atoms with Crippen molar-refractivity contribution in [2.45, 2.75) is 75.6 Å². The number of hydrogen-bond donors (Lipinski definition) is 2. The first-order chi connectivity index (χ1) is 17.5. The topological polar surface area (TPSA) is 117 Å². The number of carbonyl (C=O) groups is 2. The summed E-state index contributed by atoms with van der Waals surface area (Å²) >= 11 is 0. The van der Waals surface area contributed by atoms with Crippen molar-refractivity contribution in [1.29, 1.82) is 0 Å². The van der Waals surface area contributed by atoms with Crippen LogP contribution in [0.15, 0.2) is 36.5 Å². The van der Waals surface area contributed by atoms with Crippen molar-refractivity contribution in [1.82, 2.24) is 25.3 Å². The first kappa shape index (κ1) is 23.2. The third-order valence-corrected chi connectivity index (χ3v) is 7.79. The number of rotatable bonds is 6. The highest BCUT2D eigenvalue weighted by Gasteiger charge is 2.41. The standard InChI is InChI=1S/C26H31N5O5/c32-23-10-9-21(25(33)28-23)31-13-16-12-17(7-8-19(16)26(31)34)35-22-5-2-1-4-20(22)30-14-18(15-30)36-24-6-3-11-27-29-24/h3,6-8,11-12,18,20-22,25,33H,1-2,4-5,9-10,13-15H2,(H,28,32)/t20-,21?,22+,25?/m0/s1. The Labute approximate surface area is 209 Å². The zero-order chi connectivity index (χ0) is 24.6. The Morgan fingerprint density at radius 2 is 1.89 bits per heavy atom. The number of amides is 2. The minimum Gasteiger partial charge on any atom is -0.489 e. The molecule has 3 fully saturated rings. The Kier molecular flexibility index (Phi) is 6.22. The SMILES string of the molecule is O=C1CCC(N2Cc3cc(O[C@@H]4CCCC[C@@H]4N4CC(Oc5cccnn5)C4)ccc3C2=O)C(O)N1. The summed E-state index contributed by atoms with van der Waals surface area (Å²) in [6, 6.07) is 9.22. The van der Waals surface area contributed by atoms with Crippen molar-refractivity contribution in [2.75, 3.05) is 13.1 Å². The Balaban J connectivity index is 1.09. The number of piperidine rings is 1. The Morgan fingerprint density at radius 1 is 1.03 bits per heavy atom. The molecule has 0 radical (unpaired) electrons. The lowest BCUT2D eigenvalue weighted by Crippen LogP contribution is -2.62. The molecule has 0 bridgehead atoms. The van der Waals surface area contributed by atoms with Crippen molar-refractivity contribution < 1.29 is 24.2 Å². The highest BCUT2D eigenvalue weighted by atomic mass is 16.5. The predicted octanol–water partition coefficient (Wildman–Crippen LogP) is 1.48. The summed E-state index contributed by atoms with van der Waals surface area (Å²) in [4.78, 5) is 28.7. The van der Waals surface area contributed by atoms with Gasteiger partial charge in [0.2, 0.25) is 11.8 Å². The summed E-state index contributed by atoms with van der Waals surface area (Å²) in [5.74, 6) is 1.03. The zero-order valence-corrected chi connectivity index (χ0v) is 20.1. The maximum Gasteiger partial charge on any atom is 0.254 e. The van der Waals surface area contributed by atoms with Crippen molar-refractivity contribution in [3.8, 4) is 11.6 Å². The van der Waals surface area contributed by atoms with E-state index < -0.39 is 12.3 Å². The van der Waals surface area contributed by atoms with Gasteiger partial charge in [-0.3, -0.25) is 14.5 Å². The molecule has 1 aliphatic carbocycles. The second kappa shape index (κ2) is 9.67. The van der Waals surface area contributed by atoms with Crippen LogP contribution in [0.3, 0.4) is 0 Å². The van der Waals surface area contributed by atoms with Crippen LogP contribution in [-0.4, -0.2) is 80.5 Å². The molecule has 6 rings (SSSR count). The van der Waals surface area contributed by atoms with Crippen molar-refractivity contribution in [2.24, 2.45) is 0 Å². The van der Waals surface area contributed by atoms with Gasteiger partial charge in [0.05, 0.1) is 6.04 Å². The molecular weight excluding hydrogens is 462 g/mol. The van der Waals surface area contributed by atoms with Crippen LogP contribution in [0.4, 0.5) is 0 Å². The molecule has 3 aliphatic heterocycles. The van der Waals surface area contributed by atoms with Crippen LogP contribution in [0.25, 0.3) is 0 Å². The third-order valence-electron chi connectivity index (χ3n) is 7.79. The Hall–Kier alpha value is -3.24. The number of aromatic nitrogens is 2. The largest absolute Gasteiger partial charge is 0.489 e. The molecule has 10 heteroatoms. The van der Waals surface area contributed by atoms with Crippen molar-refractivity contribution in [3.63, 3.8) is 0 Å². The molecule has 190 valence electrons. The predicted molar refractivity (Wildman–Crippen MR) is 128 cm³/mol. The van der Waals surface area contributed by atoms with E-state index in [9.17, 15) is 14.7 Å². The molecular formula is C26H31N5O5. The highest BCUT2D eigenvalue weighted by Crippen LogP contribution is 2.34. The number of likely N-dealkylation sites (tertiary alicyclic amines) is 1. The molecule has 4 atom stereocenters. The van der Waals surface area contributed by atoms with Crippen LogP contribution in [0.5, 0.6) is 11.6 Å². The maximum atomic E-state index is 13.0. The van der Waals surface area contributed by atoms with Gasteiger partial charge in [0.15, 0.2) is 0 Å². The Morgan fingerprint density at radius 3 is 2.69 bits per heavy atom. The molecule has 1 aromatic heterocycles. The fourth-order valence-corrected chi connectivity index (χ4v) is 5.90. The molecule has 2 amide bonds. The van der Waals surface area contributed by atoms with E-state index in [4.69, 9.17) is 9.47 Å². The number of hydrogen-bond acceptors (Lipinski definition) is 8. The molecule has 36 heavy (non-hydrogen) atoms. The first-order valence-corrected chi connectivity index (χ1v) is 12.8. The molecule has 4 heterocycles. The third kappa shape index (κ3) is 4.51. The van der Waals surface area contributed by atoms with E-state index in [2.05, 4.69) is 20.4 Å². The van der Waals surface area contributed by atoms with Crippen molar-refractivity contribution >= 4 is 11.8 Å². The van der Waals surface area contributed by atoms with Crippen molar-refractivity contribution in [3.05, 3.63) is 47.7 Å². The van der Waals surface area contributed by atoms with Gasteiger partial charge in [-0.25, -0.2) is 0 Å². The highest BCUT2D eigenvalue weighted by molar-refractivity contribution is 5.99. The molecule has 10 nitrogen and oxygen atoms in total. The van der Waals surface area contributed by atoms with Gasteiger partial charge in [-0.15, -0.1) is 5.10 Å². The fraction of sp³-hybridized carbons (Fsp3) is 0.538. The summed E-state index contributed by atoms with van der Waals surface area (Å²) in [6.07, 6.45) is 5.95. The lowest BCUT2D eigenvalue weighted by molar-refractivity contribution is -0.129. The van der Waals surface area contributed by atoms with E-state index in [0.717, 1.165) is 43.7 Å². The van der Waals surface area contributed by atoms with Gasteiger partial charge >= 0.3 is 0 Å². The first-order valence-electron chi connectivity index (χ1n) is 12.8. The van der Waals surface area contributed by atoms with Crippen LogP contribution in [0.1, 0.15) is 54.4 Å². The van der Waals surface area contributed by atoms with Gasteiger partial charge in [0.25, 0.3) is 5.91 Å². The molecule has 2 saturated heterocycles. The number of nitrogens with one attached hydrogen (secondary N) is 1. The van der Waals surface area contributed by atoms with E-state index in [1.54, 1.807) is 11.1 Å². The number of ether oxygens (including phenoxy) is 2. The monoisotopic (exact) mass is 493 g/mol. The Bertz CT molecular complexity index is 1120. The van der Waals surface area contributed by atoms with Gasteiger partial charge in [0, 0.05) is 49.9 Å². The second-order valence-corrected chi connectivity index (χ2v) is 10.1. The average Bonchev–Trinajstić information content (AvgIpc) is 3.18. The zero-order valence-electron chi connectivity index (χ0n) is 20.1. The van der Waals surface area contributed by atoms with Crippen LogP contribution in [0.2, 0.25) is 0 Å². The van der Waals surface area contributed by atoms with Gasteiger partial charge in [-0.2, -0.15) is 5.10 Å². The second-order valence-electron chi connectivity index (χ2n) is 10.1. The van der Waals surface area contributed by atoms with Crippen LogP contribution in [-0.2, 0) is 11.3 Å². The lowest BCUT2D eigenvalue weighted by atomic mass is 9.89. The summed E-state index contributed by atoms with van der Waals surface area (Å²) in [5.41, 5.74) is 1.54. The minimum absolute atomic E-state index is 0.0813. The average molecular weight is 494 g/mol. The molecule has 0 spiro atoms. The molecule has 2 aromatic rings. The molecule has 2 N–H and O–H groups in total. The normalized spacial score (nSPS) is 28.9. The summed E-state index contributed by atoms with van der Waals surface area (Å²) in [7, 11) is 0. The van der Waals surface area contributed by atoms with Gasteiger partial charge in [-0.05, 0) is 55.5 Å². The van der Waals surface area contributed by atoms with Gasteiger partial charge in [-0.1, -0.05) is 6.42 Å². The molecule has 4 aliphatic rings. The van der Waals surface area contributed by atoms with E-state index in [1.165, 1.54) is 6.42 Å². The molecule has 1 saturated carbocycles. The quantitative estimate of drug-likeness (QED) is 0.622. The lowest BCUT2D eigenvalue weighted by Gasteiger charge is -2.47. The molecule has 1 aromatic carbocycles. The maximum absolute atomic E-state index is 13.0. The number of fused-ring (bicyclic) bond motifs is 1. The summed E-state index contributed by atoms with van der Waals surface area (Å²) in [5, 5.41) is 20.7. The number of aliphatic hydroxyl groups is 1. The number of nitrogens with zero attached hydrogens (tertiary/aromatic N) is 4. The fourth-order valence-electron chi connectivity index (χ4n) is 5.90.